The number of thiophene rings is 1. The summed E-state index contributed by atoms with van der Waals surface area (Å²) >= 11 is 7.40. The van der Waals surface area contributed by atoms with Crippen LogP contribution in [0.3, 0.4) is 0 Å². The number of benzene rings is 1. The zero-order valence-corrected chi connectivity index (χ0v) is 10.8. The Hall–Kier alpha value is -0.900. The van der Waals surface area contributed by atoms with Crippen molar-refractivity contribution >= 4 is 22.9 Å². The summed E-state index contributed by atoms with van der Waals surface area (Å²) in [6.45, 7) is 1.35. The monoisotopic (exact) mass is 269 g/mol. The first-order valence-corrected chi connectivity index (χ1v) is 6.74. The summed E-state index contributed by atoms with van der Waals surface area (Å²) < 4.78 is 13.5. The Labute approximate surface area is 109 Å². The Morgan fingerprint density at radius 3 is 2.94 bits per heavy atom. The standard InChI is InChI=1S/C13H13ClFNS/c14-12-3-1-2-11(13(12)15)8-16-6-4-10-5-7-17-9-10/h1-3,5,7,9,16H,4,6,8H2. The van der Waals surface area contributed by atoms with E-state index in [1.165, 1.54) is 5.56 Å². The second-order valence-electron chi connectivity index (χ2n) is 3.77. The lowest BCUT2D eigenvalue weighted by Gasteiger charge is -2.06. The summed E-state index contributed by atoms with van der Waals surface area (Å²) in [7, 11) is 0. The molecular formula is C13H13ClFNS. The highest BCUT2D eigenvalue weighted by Crippen LogP contribution is 2.17. The third kappa shape index (κ3) is 3.53. The van der Waals surface area contributed by atoms with E-state index < -0.39 is 0 Å². The zero-order chi connectivity index (χ0) is 12.1. The summed E-state index contributed by atoms with van der Waals surface area (Å²) in [5, 5.41) is 7.58. The van der Waals surface area contributed by atoms with Gasteiger partial charge in [0.15, 0.2) is 0 Å². The lowest BCUT2D eigenvalue weighted by atomic mass is 10.2. The molecule has 90 valence electrons. The van der Waals surface area contributed by atoms with Gasteiger partial charge in [-0.2, -0.15) is 11.3 Å². The minimum atomic E-state index is -0.322. The first-order chi connectivity index (χ1) is 8.27. The van der Waals surface area contributed by atoms with Crippen LogP contribution in [0.5, 0.6) is 0 Å². The van der Waals surface area contributed by atoms with Crippen LogP contribution in [0.25, 0.3) is 0 Å². The third-order valence-electron chi connectivity index (χ3n) is 2.52. The largest absolute Gasteiger partial charge is 0.312 e. The molecule has 2 aromatic rings. The van der Waals surface area contributed by atoms with Crippen LogP contribution in [-0.2, 0) is 13.0 Å². The van der Waals surface area contributed by atoms with E-state index in [0.717, 1.165) is 13.0 Å². The van der Waals surface area contributed by atoms with E-state index in [2.05, 4.69) is 22.1 Å². The van der Waals surface area contributed by atoms with Crippen molar-refractivity contribution in [2.45, 2.75) is 13.0 Å². The van der Waals surface area contributed by atoms with Gasteiger partial charge in [0.2, 0.25) is 0 Å². The fourth-order valence-electron chi connectivity index (χ4n) is 1.58. The van der Waals surface area contributed by atoms with Crippen molar-refractivity contribution in [3.05, 3.63) is 57.0 Å². The summed E-state index contributed by atoms with van der Waals surface area (Å²) in [6.07, 6.45) is 0.964. The van der Waals surface area contributed by atoms with Crippen LogP contribution in [0.15, 0.2) is 35.0 Å². The molecule has 4 heteroatoms. The van der Waals surface area contributed by atoms with Gasteiger partial charge in [-0.1, -0.05) is 23.7 Å². The fraction of sp³-hybridized carbons (Fsp3) is 0.231. The molecule has 0 aliphatic rings. The molecule has 1 nitrogen and oxygen atoms in total. The Balaban J connectivity index is 1.80. The average molecular weight is 270 g/mol. The van der Waals surface area contributed by atoms with Crippen molar-refractivity contribution in [2.75, 3.05) is 6.54 Å². The summed E-state index contributed by atoms with van der Waals surface area (Å²) in [6, 6.07) is 7.18. The van der Waals surface area contributed by atoms with Crippen LogP contribution in [0.1, 0.15) is 11.1 Å². The summed E-state index contributed by atoms with van der Waals surface area (Å²) in [4.78, 5) is 0. The van der Waals surface area contributed by atoms with E-state index >= 15 is 0 Å². The first-order valence-electron chi connectivity index (χ1n) is 5.42. The van der Waals surface area contributed by atoms with Gasteiger partial charge >= 0.3 is 0 Å². The minimum absolute atomic E-state index is 0.183. The third-order valence-corrected chi connectivity index (χ3v) is 3.54. The topological polar surface area (TPSA) is 12.0 Å². The van der Waals surface area contributed by atoms with Crippen LogP contribution < -0.4 is 5.32 Å². The number of hydrogen-bond donors (Lipinski definition) is 1. The maximum Gasteiger partial charge on any atom is 0.146 e. The predicted molar refractivity (Wildman–Crippen MR) is 71.1 cm³/mol. The van der Waals surface area contributed by atoms with Gasteiger partial charge in [-0.05, 0) is 41.4 Å². The Morgan fingerprint density at radius 1 is 1.29 bits per heavy atom. The lowest BCUT2D eigenvalue weighted by molar-refractivity contribution is 0.589. The van der Waals surface area contributed by atoms with Crippen LogP contribution in [0.4, 0.5) is 4.39 Å². The van der Waals surface area contributed by atoms with Gasteiger partial charge in [-0.15, -0.1) is 0 Å². The molecule has 0 spiro atoms. The quantitative estimate of drug-likeness (QED) is 0.813. The van der Waals surface area contributed by atoms with E-state index in [-0.39, 0.29) is 10.8 Å². The molecule has 0 bridgehead atoms. The van der Waals surface area contributed by atoms with Crippen LogP contribution in [0, 0.1) is 5.82 Å². The molecule has 0 saturated heterocycles. The number of rotatable bonds is 5. The van der Waals surface area contributed by atoms with Gasteiger partial charge in [0, 0.05) is 12.1 Å². The van der Waals surface area contributed by atoms with Crippen LogP contribution >= 0.6 is 22.9 Å². The van der Waals surface area contributed by atoms with E-state index in [1.807, 2.05) is 0 Å². The normalized spacial score (nSPS) is 10.7. The summed E-state index contributed by atoms with van der Waals surface area (Å²) in [5.74, 6) is -0.322. The second kappa shape index (κ2) is 6.15. The molecule has 1 aromatic carbocycles. The molecule has 1 aromatic heterocycles. The Morgan fingerprint density at radius 2 is 2.18 bits per heavy atom. The van der Waals surface area contributed by atoms with Crippen molar-refractivity contribution in [2.24, 2.45) is 0 Å². The van der Waals surface area contributed by atoms with Gasteiger partial charge in [0.25, 0.3) is 0 Å². The molecule has 1 heterocycles. The molecule has 0 radical (unpaired) electrons. The van der Waals surface area contributed by atoms with E-state index in [0.29, 0.717) is 12.1 Å². The molecule has 0 amide bonds. The van der Waals surface area contributed by atoms with E-state index in [1.54, 1.807) is 29.5 Å². The first kappa shape index (κ1) is 12.6. The highest BCUT2D eigenvalue weighted by atomic mass is 35.5. The number of halogens is 2. The van der Waals surface area contributed by atoms with Gasteiger partial charge in [0.1, 0.15) is 5.82 Å². The molecule has 0 aliphatic carbocycles. The Bertz CT molecular complexity index is 470. The maximum absolute atomic E-state index is 13.5. The molecule has 0 saturated carbocycles. The molecule has 17 heavy (non-hydrogen) atoms. The van der Waals surface area contributed by atoms with Crippen LogP contribution in [-0.4, -0.2) is 6.54 Å². The van der Waals surface area contributed by atoms with Gasteiger partial charge in [-0.25, -0.2) is 4.39 Å². The second-order valence-corrected chi connectivity index (χ2v) is 4.96. The highest BCUT2D eigenvalue weighted by Gasteiger charge is 2.05. The van der Waals surface area contributed by atoms with Crippen molar-refractivity contribution in [1.29, 1.82) is 0 Å². The van der Waals surface area contributed by atoms with Crippen molar-refractivity contribution in [3.63, 3.8) is 0 Å². The molecule has 1 N–H and O–H groups in total. The molecule has 0 fully saturated rings. The lowest BCUT2D eigenvalue weighted by Crippen LogP contribution is -2.17. The Kier molecular flexibility index (Phi) is 4.54. The van der Waals surface area contributed by atoms with Gasteiger partial charge < -0.3 is 5.32 Å². The molecular weight excluding hydrogens is 257 g/mol. The van der Waals surface area contributed by atoms with E-state index in [9.17, 15) is 4.39 Å². The number of nitrogens with one attached hydrogen (secondary N) is 1. The van der Waals surface area contributed by atoms with Crippen LogP contribution in [0.2, 0.25) is 5.02 Å². The maximum atomic E-state index is 13.5. The van der Waals surface area contributed by atoms with Gasteiger partial charge in [0.05, 0.1) is 5.02 Å². The molecule has 2 rings (SSSR count). The minimum Gasteiger partial charge on any atom is -0.312 e. The molecule has 0 atom stereocenters. The van der Waals surface area contributed by atoms with E-state index in [4.69, 9.17) is 11.6 Å². The zero-order valence-electron chi connectivity index (χ0n) is 9.25. The number of hydrogen-bond acceptors (Lipinski definition) is 2. The van der Waals surface area contributed by atoms with Crippen molar-refractivity contribution in [3.8, 4) is 0 Å². The molecule has 0 unspecified atom stereocenters. The van der Waals surface area contributed by atoms with Crippen molar-refractivity contribution in [1.82, 2.24) is 5.32 Å². The predicted octanol–water partition coefficient (Wildman–Crippen LogP) is 3.87. The fourth-order valence-corrected chi connectivity index (χ4v) is 2.47. The van der Waals surface area contributed by atoms with Gasteiger partial charge in [-0.3, -0.25) is 0 Å². The summed E-state index contributed by atoms with van der Waals surface area (Å²) in [5.41, 5.74) is 1.93. The highest BCUT2D eigenvalue weighted by molar-refractivity contribution is 7.07. The molecule has 0 aliphatic heterocycles. The van der Waals surface area contributed by atoms with Crippen molar-refractivity contribution < 1.29 is 4.39 Å². The average Bonchev–Trinajstić information content (AvgIpc) is 2.83. The SMILES string of the molecule is Fc1c(Cl)cccc1CNCCc1ccsc1. The smallest absolute Gasteiger partial charge is 0.146 e.